The smallest absolute Gasteiger partial charge is 0.227 e. The second-order valence-corrected chi connectivity index (χ2v) is 6.77. The number of hydrogen-bond donors (Lipinski definition) is 1. The third-order valence-electron chi connectivity index (χ3n) is 5.19. The Morgan fingerprint density at radius 1 is 1.04 bits per heavy atom. The molecule has 128 valence electrons. The molecule has 3 aliphatic heterocycles. The Labute approximate surface area is 141 Å². The summed E-state index contributed by atoms with van der Waals surface area (Å²) >= 11 is 0. The van der Waals surface area contributed by atoms with Crippen molar-refractivity contribution >= 4 is 17.5 Å². The van der Waals surface area contributed by atoms with Gasteiger partial charge in [0, 0.05) is 50.4 Å². The van der Waals surface area contributed by atoms with E-state index in [2.05, 4.69) is 22.3 Å². The van der Waals surface area contributed by atoms with Crippen molar-refractivity contribution in [2.45, 2.75) is 37.4 Å². The number of nitrogens with one attached hydrogen (secondary N) is 1. The fourth-order valence-electron chi connectivity index (χ4n) is 3.88. The number of carbonyl (C=O) groups excluding carboxylic acids is 2. The van der Waals surface area contributed by atoms with Crippen molar-refractivity contribution in [1.29, 1.82) is 0 Å². The van der Waals surface area contributed by atoms with E-state index >= 15 is 0 Å². The average Bonchev–Trinajstić information content (AvgIpc) is 3.03. The van der Waals surface area contributed by atoms with Gasteiger partial charge in [-0.25, -0.2) is 0 Å². The molecule has 0 radical (unpaired) electrons. The van der Waals surface area contributed by atoms with Crippen LogP contribution < -0.4 is 10.2 Å². The van der Waals surface area contributed by atoms with E-state index in [9.17, 15) is 9.59 Å². The van der Waals surface area contributed by atoms with E-state index in [1.807, 2.05) is 12.1 Å². The van der Waals surface area contributed by atoms with Crippen LogP contribution >= 0.6 is 0 Å². The van der Waals surface area contributed by atoms with Crippen LogP contribution in [0.4, 0.5) is 5.69 Å². The van der Waals surface area contributed by atoms with Gasteiger partial charge >= 0.3 is 0 Å². The number of benzene rings is 1. The van der Waals surface area contributed by atoms with Crippen molar-refractivity contribution in [2.75, 3.05) is 31.2 Å². The largest absolute Gasteiger partial charge is 0.371 e. The van der Waals surface area contributed by atoms with Crippen molar-refractivity contribution in [3.8, 4) is 0 Å². The first kappa shape index (κ1) is 15.6. The minimum atomic E-state index is -0.373. The lowest BCUT2D eigenvalue weighted by molar-refractivity contribution is -0.169. The molecule has 1 spiro atoms. The highest BCUT2D eigenvalue weighted by Gasteiger charge is 2.39. The molecule has 0 atom stereocenters. The van der Waals surface area contributed by atoms with Crippen molar-refractivity contribution in [2.24, 2.45) is 0 Å². The van der Waals surface area contributed by atoms with Gasteiger partial charge in [0.25, 0.3) is 0 Å². The molecule has 2 amide bonds. The lowest BCUT2D eigenvalue weighted by Crippen LogP contribution is -2.45. The van der Waals surface area contributed by atoms with Crippen LogP contribution in [0.25, 0.3) is 0 Å². The molecule has 0 bridgehead atoms. The van der Waals surface area contributed by atoms with Crippen LogP contribution in [0.1, 0.15) is 37.2 Å². The molecule has 3 saturated heterocycles. The van der Waals surface area contributed by atoms with Gasteiger partial charge < -0.3 is 14.4 Å². The molecule has 6 heteroatoms. The number of ether oxygens (including phenoxy) is 2. The van der Waals surface area contributed by atoms with E-state index in [0.29, 0.717) is 26.1 Å². The Balaban J connectivity index is 1.47. The quantitative estimate of drug-likeness (QED) is 0.834. The standard InChI is InChI=1S/C18H22N2O4/c21-16-11-14(12-17(22)19-16)13-2-1-3-15(10-13)20-6-4-18(5-7-20)23-8-9-24-18/h1-3,10,14H,4-9,11-12H2,(H,19,21,22). The third-order valence-corrected chi connectivity index (χ3v) is 5.19. The first-order valence-corrected chi connectivity index (χ1v) is 8.59. The zero-order chi connectivity index (χ0) is 16.6. The van der Waals surface area contributed by atoms with Gasteiger partial charge in [-0.3, -0.25) is 14.9 Å². The molecule has 1 N–H and O–H groups in total. The average molecular weight is 330 g/mol. The Bertz CT molecular complexity index is 628. The Hall–Kier alpha value is -1.92. The van der Waals surface area contributed by atoms with E-state index in [0.717, 1.165) is 37.2 Å². The van der Waals surface area contributed by atoms with Crippen LogP contribution in [0.5, 0.6) is 0 Å². The SMILES string of the molecule is O=C1CC(c2cccc(N3CCC4(CC3)OCCO4)c2)CC(=O)N1. The molecule has 4 rings (SSSR count). The van der Waals surface area contributed by atoms with Gasteiger partial charge in [0.1, 0.15) is 0 Å². The Kier molecular flexibility index (Phi) is 4.02. The van der Waals surface area contributed by atoms with Crippen LogP contribution in [-0.2, 0) is 19.1 Å². The van der Waals surface area contributed by atoms with Gasteiger partial charge in [0.2, 0.25) is 11.8 Å². The predicted octanol–water partition coefficient (Wildman–Crippen LogP) is 1.55. The molecular weight excluding hydrogens is 308 g/mol. The zero-order valence-electron chi connectivity index (χ0n) is 13.6. The van der Waals surface area contributed by atoms with Crippen LogP contribution in [-0.4, -0.2) is 43.9 Å². The van der Waals surface area contributed by atoms with Crippen molar-refractivity contribution < 1.29 is 19.1 Å². The molecule has 3 fully saturated rings. The van der Waals surface area contributed by atoms with Gasteiger partial charge in [-0.1, -0.05) is 12.1 Å². The maximum atomic E-state index is 11.6. The summed E-state index contributed by atoms with van der Waals surface area (Å²) in [4.78, 5) is 25.6. The summed E-state index contributed by atoms with van der Waals surface area (Å²) in [6.07, 6.45) is 2.48. The van der Waals surface area contributed by atoms with Gasteiger partial charge in [-0.05, 0) is 17.7 Å². The van der Waals surface area contributed by atoms with Crippen molar-refractivity contribution in [1.82, 2.24) is 5.32 Å². The molecule has 24 heavy (non-hydrogen) atoms. The summed E-state index contributed by atoms with van der Waals surface area (Å²) in [5.74, 6) is -0.764. The number of hydrogen-bond acceptors (Lipinski definition) is 5. The molecular formula is C18H22N2O4. The van der Waals surface area contributed by atoms with Gasteiger partial charge in [-0.15, -0.1) is 0 Å². The summed E-state index contributed by atoms with van der Waals surface area (Å²) in [5.41, 5.74) is 2.20. The maximum Gasteiger partial charge on any atom is 0.227 e. The fraction of sp³-hybridized carbons (Fsp3) is 0.556. The lowest BCUT2D eigenvalue weighted by atomic mass is 9.89. The lowest BCUT2D eigenvalue weighted by Gasteiger charge is -2.39. The predicted molar refractivity (Wildman–Crippen MR) is 87.6 cm³/mol. The number of piperidine rings is 2. The number of amides is 2. The summed E-state index contributed by atoms with van der Waals surface area (Å²) in [6.45, 7) is 3.14. The summed E-state index contributed by atoms with van der Waals surface area (Å²) in [7, 11) is 0. The van der Waals surface area contributed by atoms with Gasteiger partial charge in [-0.2, -0.15) is 0 Å². The second-order valence-electron chi connectivity index (χ2n) is 6.77. The summed E-state index contributed by atoms with van der Waals surface area (Å²) in [6, 6.07) is 8.22. The molecule has 6 nitrogen and oxygen atoms in total. The highest BCUT2D eigenvalue weighted by molar-refractivity contribution is 5.98. The van der Waals surface area contributed by atoms with Crippen LogP contribution in [0, 0.1) is 0 Å². The normalized spacial score (nSPS) is 24.4. The molecule has 0 aliphatic carbocycles. The molecule has 0 unspecified atom stereocenters. The highest BCUT2D eigenvalue weighted by Crippen LogP contribution is 2.34. The number of rotatable bonds is 2. The third kappa shape index (κ3) is 3.03. The van der Waals surface area contributed by atoms with Crippen molar-refractivity contribution in [3.05, 3.63) is 29.8 Å². The molecule has 0 saturated carbocycles. The molecule has 1 aromatic rings. The van der Waals surface area contributed by atoms with Crippen LogP contribution in [0.2, 0.25) is 0 Å². The molecule has 1 aromatic carbocycles. The number of imide groups is 1. The fourth-order valence-corrected chi connectivity index (χ4v) is 3.88. The monoisotopic (exact) mass is 330 g/mol. The minimum absolute atomic E-state index is 0.0242. The number of anilines is 1. The summed E-state index contributed by atoms with van der Waals surface area (Å²) < 4.78 is 11.6. The van der Waals surface area contributed by atoms with E-state index in [1.165, 1.54) is 0 Å². The first-order chi connectivity index (χ1) is 11.6. The second kappa shape index (κ2) is 6.18. The van der Waals surface area contributed by atoms with Crippen LogP contribution in [0.3, 0.4) is 0 Å². The Morgan fingerprint density at radius 3 is 2.38 bits per heavy atom. The van der Waals surface area contributed by atoms with E-state index in [4.69, 9.17) is 9.47 Å². The van der Waals surface area contributed by atoms with Crippen molar-refractivity contribution in [3.63, 3.8) is 0 Å². The topological polar surface area (TPSA) is 67.9 Å². The van der Waals surface area contributed by atoms with Gasteiger partial charge in [0.15, 0.2) is 5.79 Å². The minimum Gasteiger partial charge on any atom is -0.371 e. The molecule has 0 aromatic heterocycles. The van der Waals surface area contributed by atoms with Gasteiger partial charge in [0.05, 0.1) is 13.2 Å². The summed E-state index contributed by atoms with van der Waals surface area (Å²) in [5, 5.41) is 2.37. The van der Waals surface area contributed by atoms with E-state index < -0.39 is 0 Å². The van der Waals surface area contributed by atoms with E-state index in [-0.39, 0.29) is 23.5 Å². The number of nitrogens with zero attached hydrogens (tertiary/aromatic N) is 1. The maximum absolute atomic E-state index is 11.6. The highest BCUT2D eigenvalue weighted by atomic mass is 16.7. The van der Waals surface area contributed by atoms with Crippen LogP contribution in [0.15, 0.2) is 24.3 Å². The van der Waals surface area contributed by atoms with E-state index in [1.54, 1.807) is 0 Å². The molecule has 3 aliphatic rings. The number of carbonyl (C=O) groups is 2. The Morgan fingerprint density at radius 2 is 1.71 bits per heavy atom. The first-order valence-electron chi connectivity index (χ1n) is 8.59. The zero-order valence-corrected chi connectivity index (χ0v) is 13.6. The molecule has 3 heterocycles.